The van der Waals surface area contributed by atoms with E-state index in [0.717, 1.165) is 0 Å². The molecule has 0 saturated carbocycles. The number of sulfonamides is 1. The van der Waals surface area contributed by atoms with Crippen molar-refractivity contribution in [1.82, 2.24) is 14.5 Å². The zero-order chi connectivity index (χ0) is 26.6. The number of amides is 1. The molecule has 1 amide bonds. The maximum Gasteiger partial charge on any atom is 0.322 e. The Morgan fingerprint density at radius 1 is 0.946 bits per heavy atom. The second-order valence-corrected chi connectivity index (χ2v) is 10.1. The average Bonchev–Trinajstić information content (AvgIpc) is 3.40. The summed E-state index contributed by atoms with van der Waals surface area (Å²) in [5.41, 5.74) is 0.513. The van der Waals surface area contributed by atoms with Crippen LogP contribution in [0.3, 0.4) is 0 Å². The van der Waals surface area contributed by atoms with Gasteiger partial charge in [0.25, 0.3) is 0 Å². The van der Waals surface area contributed by atoms with E-state index in [9.17, 15) is 13.2 Å². The molecule has 1 aliphatic heterocycles. The maximum absolute atomic E-state index is 12.9. The van der Waals surface area contributed by atoms with Crippen LogP contribution in [0.2, 0.25) is 0 Å². The minimum Gasteiger partial charge on any atom is -0.497 e. The molecule has 2 heterocycles. The summed E-state index contributed by atoms with van der Waals surface area (Å²) in [5.74, 6) is 1.25. The number of carbonyl (C=O) groups is 1. The molecule has 2 aromatic carbocycles. The molecule has 1 saturated heterocycles. The predicted molar refractivity (Wildman–Crippen MR) is 132 cm³/mol. The molecule has 0 aliphatic carbocycles. The van der Waals surface area contributed by atoms with Crippen molar-refractivity contribution >= 4 is 21.9 Å². The fourth-order valence-electron chi connectivity index (χ4n) is 4.06. The number of benzene rings is 2. The maximum atomic E-state index is 12.9. The number of piperidine rings is 1. The lowest BCUT2D eigenvalue weighted by molar-refractivity contribution is -0.121. The SMILES string of the molecule is COc1ccc(S(=O)(=O)N2CCC(C(=O)Nc3nnc(-c4cc(OC)c(OC)c(OC)c4)o3)CC2)cc1. The number of carbonyl (C=O) groups excluding carboxylic acids is 1. The third-order valence-electron chi connectivity index (χ3n) is 6.09. The van der Waals surface area contributed by atoms with Crippen LogP contribution in [0.4, 0.5) is 6.01 Å². The van der Waals surface area contributed by atoms with Crippen LogP contribution in [-0.4, -0.2) is 70.4 Å². The topological polar surface area (TPSA) is 142 Å². The lowest BCUT2D eigenvalue weighted by Gasteiger charge is -2.30. The number of nitrogens with zero attached hydrogens (tertiary/aromatic N) is 3. The van der Waals surface area contributed by atoms with Gasteiger partial charge in [0.05, 0.1) is 33.3 Å². The molecule has 0 unspecified atom stereocenters. The van der Waals surface area contributed by atoms with Crippen LogP contribution in [0, 0.1) is 5.92 Å². The van der Waals surface area contributed by atoms with Gasteiger partial charge in [0.15, 0.2) is 11.5 Å². The van der Waals surface area contributed by atoms with Gasteiger partial charge in [-0.3, -0.25) is 10.1 Å². The first-order chi connectivity index (χ1) is 17.8. The van der Waals surface area contributed by atoms with Crippen molar-refractivity contribution in [2.45, 2.75) is 17.7 Å². The summed E-state index contributed by atoms with van der Waals surface area (Å²) >= 11 is 0. The average molecular weight is 533 g/mol. The third-order valence-corrected chi connectivity index (χ3v) is 8.00. The highest BCUT2D eigenvalue weighted by Gasteiger charge is 2.32. The first-order valence-electron chi connectivity index (χ1n) is 11.4. The second-order valence-electron chi connectivity index (χ2n) is 8.17. The van der Waals surface area contributed by atoms with Crippen LogP contribution in [0.15, 0.2) is 45.7 Å². The van der Waals surface area contributed by atoms with Gasteiger partial charge in [-0.1, -0.05) is 5.10 Å². The Hall–Kier alpha value is -3.84. The molecule has 0 atom stereocenters. The van der Waals surface area contributed by atoms with Crippen molar-refractivity contribution in [3.8, 4) is 34.5 Å². The van der Waals surface area contributed by atoms with Crippen LogP contribution < -0.4 is 24.3 Å². The van der Waals surface area contributed by atoms with Gasteiger partial charge >= 0.3 is 6.01 Å². The van der Waals surface area contributed by atoms with Crippen LogP contribution in [0.5, 0.6) is 23.0 Å². The standard InChI is InChI=1S/C24H28N4O8S/c1-32-17-5-7-18(8-6-17)37(30,31)28-11-9-15(10-12-28)22(29)25-24-27-26-23(36-24)16-13-19(33-2)21(35-4)20(14-16)34-3/h5-8,13-15H,9-12H2,1-4H3,(H,25,27,29). The molecular weight excluding hydrogens is 504 g/mol. The van der Waals surface area contributed by atoms with Crippen LogP contribution in [0.25, 0.3) is 11.5 Å². The number of hydrogen-bond donors (Lipinski definition) is 1. The summed E-state index contributed by atoms with van der Waals surface area (Å²) in [4.78, 5) is 13.0. The van der Waals surface area contributed by atoms with Crippen molar-refractivity contribution in [3.05, 3.63) is 36.4 Å². The predicted octanol–water partition coefficient (Wildman–Crippen LogP) is 2.81. The number of aromatic nitrogens is 2. The van der Waals surface area contributed by atoms with Crippen molar-refractivity contribution in [3.63, 3.8) is 0 Å². The Balaban J connectivity index is 1.39. The molecule has 198 valence electrons. The fraction of sp³-hybridized carbons (Fsp3) is 0.375. The Kier molecular flexibility index (Phi) is 7.83. The number of ether oxygens (including phenoxy) is 4. The highest BCUT2D eigenvalue weighted by atomic mass is 32.2. The zero-order valence-corrected chi connectivity index (χ0v) is 21.7. The van der Waals surface area contributed by atoms with E-state index in [1.54, 1.807) is 24.3 Å². The molecule has 1 aliphatic rings. The quantitative estimate of drug-likeness (QED) is 0.437. The minimum absolute atomic E-state index is 0.0676. The normalized spacial score (nSPS) is 14.7. The second kappa shape index (κ2) is 11.0. The van der Waals surface area contributed by atoms with Gasteiger partial charge in [0, 0.05) is 24.6 Å². The van der Waals surface area contributed by atoms with Crippen LogP contribution in [-0.2, 0) is 14.8 Å². The highest BCUT2D eigenvalue weighted by Crippen LogP contribution is 2.41. The summed E-state index contributed by atoms with van der Waals surface area (Å²) in [5, 5.41) is 10.5. The van der Waals surface area contributed by atoms with Gasteiger partial charge < -0.3 is 23.4 Å². The van der Waals surface area contributed by atoms with Crippen molar-refractivity contribution in [1.29, 1.82) is 0 Å². The van der Waals surface area contributed by atoms with Gasteiger partial charge in [0.1, 0.15) is 5.75 Å². The Bertz CT molecular complexity index is 1320. The Morgan fingerprint density at radius 2 is 1.57 bits per heavy atom. The lowest BCUT2D eigenvalue weighted by atomic mass is 9.97. The smallest absolute Gasteiger partial charge is 0.322 e. The summed E-state index contributed by atoms with van der Waals surface area (Å²) in [7, 11) is 2.34. The minimum atomic E-state index is -3.66. The summed E-state index contributed by atoms with van der Waals surface area (Å²) < 4.78 is 54.0. The van der Waals surface area contributed by atoms with E-state index in [-0.39, 0.29) is 35.8 Å². The molecular formula is C24H28N4O8S. The molecule has 0 radical (unpaired) electrons. The monoisotopic (exact) mass is 532 g/mol. The van der Waals surface area contributed by atoms with E-state index in [1.165, 1.54) is 44.9 Å². The summed E-state index contributed by atoms with van der Waals surface area (Å²) in [6.07, 6.45) is 0.712. The van der Waals surface area contributed by atoms with E-state index in [0.29, 0.717) is 41.4 Å². The highest BCUT2D eigenvalue weighted by molar-refractivity contribution is 7.89. The molecule has 1 fully saturated rings. The van der Waals surface area contributed by atoms with E-state index in [4.69, 9.17) is 23.4 Å². The molecule has 0 bridgehead atoms. The molecule has 1 N–H and O–H groups in total. The molecule has 1 aromatic heterocycles. The molecule has 0 spiro atoms. The van der Waals surface area contributed by atoms with Crippen LogP contribution in [0.1, 0.15) is 12.8 Å². The van der Waals surface area contributed by atoms with Gasteiger partial charge in [-0.05, 0) is 49.2 Å². The number of hydrogen-bond acceptors (Lipinski definition) is 10. The number of anilines is 1. The molecule has 3 aromatic rings. The number of rotatable bonds is 9. The van der Waals surface area contributed by atoms with Crippen molar-refractivity contribution in [2.75, 3.05) is 46.8 Å². The molecule has 12 nitrogen and oxygen atoms in total. The molecule has 13 heteroatoms. The fourth-order valence-corrected chi connectivity index (χ4v) is 5.53. The first kappa shape index (κ1) is 26.2. The zero-order valence-electron chi connectivity index (χ0n) is 20.9. The van der Waals surface area contributed by atoms with E-state index in [2.05, 4.69) is 15.5 Å². The van der Waals surface area contributed by atoms with E-state index >= 15 is 0 Å². The van der Waals surface area contributed by atoms with E-state index < -0.39 is 15.9 Å². The molecule has 37 heavy (non-hydrogen) atoms. The Morgan fingerprint density at radius 3 is 2.11 bits per heavy atom. The summed E-state index contributed by atoms with van der Waals surface area (Å²) in [6, 6.07) is 9.46. The lowest BCUT2D eigenvalue weighted by Crippen LogP contribution is -2.41. The largest absolute Gasteiger partial charge is 0.497 e. The first-order valence-corrected chi connectivity index (χ1v) is 12.8. The van der Waals surface area contributed by atoms with Crippen LogP contribution >= 0.6 is 0 Å². The van der Waals surface area contributed by atoms with E-state index in [1.807, 2.05) is 0 Å². The number of methoxy groups -OCH3 is 4. The van der Waals surface area contributed by atoms with Crippen molar-refractivity contribution < 1.29 is 36.6 Å². The van der Waals surface area contributed by atoms with Gasteiger partial charge in [-0.2, -0.15) is 4.31 Å². The van der Waals surface area contributed by atoms with Gasteiger partial charge in [0.2, 0.25) is 27.6 Å². The molecule has 4 rings (SSSR count). The third kappa shape index (κ3) is 5.47. The summed E-state index contributed by atoms with van der Waals surface area (Å²) in [6.45, 7) is 0.430. The van der Waals surface area contributed by atoms with Crippen molar-refractivity contribution in [2.24, 2.45) is 5.92 Å². The number of nitrogens with one attached hydrogen (secondary N) is 1. The van der Waals surface area contributed by atoms with Gasteiger partial charge in [-0.15, -0.1) is 5.10 Å². The van der Waals surface area contributed by atoms with Gasteiger partial charge in [-0.25, -0.2) is 8.42 Å². The Labute approximate surface area is 214 Å².